The number of ether oxygens (including phenoxy) is 2. The third-order valence-electron chi connectivity index (χ3n) is 3.50. The molecule has 8 nitrogen and oxygen atoms in total. The number of hydrogen-bond acceptors (Lipinski definition) is 7. The van der Waals surface area contributed by atoms with Gasteiger partial charge in [-0.05, 0) is 43.3 Å². The van der Waals surface area contributed by atoms with E-state index in [0.717, 1.165) is 0 Å². The average molecular weight is 413 g/mol. The third-order valence-corrected chi connectivity index (χ3v) is 4.60. The van der Waals surface area contributed by atoms with Gasteiger partial charge in [0.2, 0.25) is 5.91 Å². The van der Waals surface area contributed by atoms with Crippen molar-refractivity contribution in [2.75, 3.05) is 17.7 Å². The lowest BCUT2D eigenvalue weighted by atomic mass is 10.2. The van der Waals surface area contributed by atoms with Gasteiger partial charge >= 0.3 is 5.97 Å². The van der Waals surface area contributed by atoms with Gasteiger partial charge in [0, 0.05) is 4.90 Å². The number of benzene rings is 2. The zero-order valence-corrected chi connectivity index (χ0v) is 16.4. The minimum absolute atomic E-state index is 0.0755. The van der Waals surface area contributed by atoms with Crippen molar-refractivity contribution in [1.29, 1.82) is 5.26 Å². The largest absolute Gasteiger partial charge is 0.479 e. The molecule has 0 aliphatic rings. The molecule has 9 heteroatoms. The summed E-state index contributed by atoms with van der Waals surface area (Å²) < 4.78 is 10.4. The highest BCUT2D eigenvalue weighted by Crippen LogP contribution is 2.26. The second kappa shape index (κ2) is 10.7. The Morgan fingerprint density at radius 3 is 2.52 bits per heavy atom. The van der Waals surface area contributed by atoms with Gasteiger partial charge < -0.3 is 20.5 Å². The summed E-state index contributed by atoms with van der Waals surface area (Å²) in [5, 5.41) is 11.4. The highest BCUT2D eigenvalue weighted by molar-refractivity contribution is 8.00. The first kappa shape index (κ1) is 21.8. The summed E-state index contributed by atoms with van der Waals surface area (Å²) in [5.74, 6) is -1.23. The summed E-state index contributed by atoms with van der Waals surface area (Å²) in [6, 6.07) is 15.1. The van der Waals surface area contributed by atoms with E-state index in [9.17, 15) is 14.4 Å². The van der Waals surface area contributed by atoms with E-state index in [4.69, 9.17) is 20.5 Å². The number of carbonyl (C=O) groups is 3. The summed E-state index contributed by atoms with van der Waals surface area (Å²) in [6.07, 6.45) is -0.936. The Hall–Kier alpha value is -3.51. The minimum atomic E-state index is -0.936. The fraction of sp³-hybridized carbons (Fsp3) is 0.200. The lowest BCUT2D eigenvalue weighted by molar-refractivity contribution is -0.153. The molecular formula is C20H19N3O5S. The quantitative estimate of drug-likeness (QED) is 0.475. The van der Waals surface area contributed by atoms with Crippen LogP contribution in [-0.2, 0) is 19.1 Å². The van der Waals surface area contributed by atoms with E-state index in [1.54, 1.807) is 48.5 Å². The highest BCUT2D eigenvalue weighted by Gasteiger charge is 2.18. The summed E-state index contributed by atoms with van der Waals surface area (Å²) in [5.41, 5.74) is 6.10. The van der Waals surface area contributed by atoms with Crippen LogP contribution in [0.15, 0.2) is 53.4 Å². The van der Waals surface area contributed by atoms with Gasteiger partial charge in [-0.3, -0.25) is 9.59 Å². The number of hydrogen-bond donors (Lipinski definition) is 2. The van der Waals surface area contributed by atoms with Crippen molar-refractivity contribution in [2.45, 2.75) is 17.9 Å². The molecule has 0 radical (unpaired) electrons. The van der Waals surface area contributed by atoms with Crippen molar-refractivity contribution in [3.8, 4) is 11.8 Å². The molecule has 1 atom stereocenters. The standard InChI is InChI=1S/C20H19N3O5S/c1-13(28-15-8-6-14(10-21)7-9-15)20(26)27-11-19(25)23-16-4-2-3-5-17(16)29-12-18(22)24/h2-9,13H,11-12H2,1H3,(H2,22,24)(H,23,25)/t13-/m1/s1. The number of thioether (sulfide) groups is 1. The molecule has 2 aromatic rings. The smallest absolute Gasteiger partial charge is 0.347 e. The van der Waals surface area contributed by atoms with Crippen LogP contribution in [-0.4, -0.2) is 36.2 Å². The Kier molecular flexibility index (Phi) is 8.06. The first-order chi connectivity index (χ1) is 13.9. The van der Waals surface area contributed by atoms with E-state index in [0.29, 0.717) is 21.9 Å². The van der Waals surface area contributed by atoms with Gasteiger partial charge in [0.05, 0.1) is 23.1 Å². The molecule has 2 aromatic carbocycles. The fourth-order valence-corrected chi connectivity index (χ4v) is 2.89. The zero-order valence-electron chi connectivity index (χ0n) is 15.6. The van der Waals surface area contributed by atoms with Crippen LogP contribution in [0.25, 0.3) is 0 Å². The lowest BCUT2D eigenvalue weighted by Gasteiger charge is -2.14. The van der Waals surface area contributed by atoms with E-state index in [1.165, 1.54) is 18.7 Å². The lowest BCUT2D eigenvalue weighted by Crippen LogP contribution is -2.29. The Bertz CT molecular complexity index is 924. The molecule has 0 bridgehead atoms. The highest BCUT2D eigenvalue weighted by atomic mass is 32.2. The van der Waals surface area contributed by atoms with Gasteiger partial charge in [0.1, 0.15) is 5.75 Å². The van der Waals surface area contributed by atoms with E-state index >= 15 is 0 Å². The van der Waals surface area contributed by atoms with Crippen molar-refractivity contribution in [3.05, 3.63) is 54.1 Å². The molecule has 0 saturated heterocycles. The fourth-order valence-electron chi connectivity index (χ4n) is 2.15. The number of nitriles is 1. The summed E-state index contributed by atoms with van der Waals surface area (Å²) in [6.45, 7) is 1.00. The molecule has 2 amide bonds. The number of para-hydroxylation sites is 1. The average Bonchev–Trinajstić information content (AvgIpc) is 2.71. The number of nitrogens with two attached hydrogens (primary N) is 1. The van der Waals surface area contributed by atoms with Crippen LogP contribution in [0.5, 0.6) is 5.75 Å². The molecule has 0 heterocycles. The van der Waals surface area contributed by atoms with Crippen LogP contribution in [0.3, 0.4) is 0 Å². The van der Waals surface area contributed by atoms with Crippen molar-refractivity contribution < 1.29 is 23.9 Å². The summed E-state index contributed by atoms with van der Waals surface area (Å²) in [4.78, 5) is 35.7. The van der Waals surface area contributed by atoms with Crippen molar-refractivity contribution in [1.82, 2.24) is 0 Å². The molecule has 0 spiro atoms. The molecule has 0 aliphatic heterocycles. The molecule has 0 unspecified atom stereocenters. The van der Waals surface area contributed by atoms with Crippen LogP contribution in [0.4, 0.5) is 5.69 Å². The predicted octanol–water partition coefficient (Wildman–Crippen LogP) is 2.08. The number of rotatable bonds is 9. The van der Waals surface area contributed by atoms with E-state index in [1.807, 2.05) is 6.07 Å². The molecule has 0 aliphatic carbocycles. The first-order valence-corrected chi connectivity index (χ1v) is 9.51. The Labute approximate surface area is 172 Å². The zero-order chi connectivity index (χ0) is 21.2. The van der Waals surface area contributed by atoms with Gasteiger partial charge in [-0.1, -0.05) is 12.1 Å². The molecular weight excluding hydrogens is 394 g/mol. The Morgan fingerprint density at radius 1 is 1.17 bits per heavy atom. The van der Waals surface area contributed by atoms with Gasteiger partial charge in [0.25, 0.3) is 5.91 Å². The van der Waals surface area contributed by atoms with E-state index in [-0.39, 0.29) is 5.75 Å². The molecule has 0 fully saturated rings. The number of nitrogens with one attached hydrogen (secondary N) is 1. The molecule has 2 rings (SSSR count). The van der Waals surface area contributed by atoms with Crippen molar-refractivity contribution >= 4 is 35.2 Å². The SMILES string of the molecule is C[C@@H](Oc1ccc(C#N)cc1)C(=O)OCC(=O)Nc1ccccc1SCC(N)=O. The normalized spacial score (nSPS) is 11.0. The number of esters is 1. The van der Waals surface area contributed by atoms with Gasteiger partial charge in [0.15, 0.2) is 12.7 Å². The maximum absolute atomic E-state index is 12.1. The number of amides is 2. The molecule has 29 heavy (non-hydrogen) atoms. The Morgan fingerprint density at radius 2 is 1.86 bits per heavy atom. The number of primary amides is 1. The Balaban J connectivity index is 1.84. The second-order valence-corrected chi connectivity index (χ2v) is 6.82. The van der Waals surface area contributed by atoms with E-state index < -0.39 is 30.5 Å². The number of nitrogens with zero attached hydrogens (tertiary/aromatic N) is 1. The number of carbonyl (C=O) groups excluding carboxylic acids is 3. The van der Waals surface area contributed by atoms with Gasteiger partial charge in [-0.15, -0.1) is 11.8 Å². The topological polar surface area (TPSA) is 132 Å². The van der Waals surface area contributed by atoms with Crippen LogP contribution in [0.2, 0.25) is 0 Å². The summed E-state index contributed by atoms with van der Waals surface area (Å²) >= 11 is 1.19. The van der Waals surface area contributed by atoms with E-state index in [2.05, 4.69) is 5.32 Å². The first-order valence-electron chi connectivity index (χ1n) is 8.52. The summed E-state index contributed by atoms with van der Waals surface area (Å²) in [7, 11) is 0. The minimum Gasteiger partial charge on any atom is -0.479 e. The maximum Gasteiger partial charge on any atom is 0.347 e. The number of anilines is 1. The van der Waals surface area contributed by atoms with Crippen LogP contribution < -0.4 is 15.8 Å². The van der Waals surface area contributed by atoms with Gasteiger partial charge in [-0.2, -0.15) is 5.26 Å². The molecule has 0 saturated carbocycles. The molecule has 3 N–H and O–H groups in total. The van der Waals surface area contributed by atoms with Crippen molar-refractivity contribution in [3.63, 3.8) is 0 Å². The molecule has 0 aromatic heterocycles. The van der Waals surface area contributed by atoms with Gasteiger partial charge in [-0.25, -0.2) is 4.79 Å². The monoisotopic (exact) mass is 413 g/mol. The molecule has 150 valence electrons. The maximum atomic E-state index is 12.1. The predicted molar refractivity (Wildman–Crippen MR) is 107 cm³/mol. The third kappa shape index (κ3) is 7.20. The van der Waals surface area contributed by atoms with Crippen LogP contribution in [0.1, 0.15) is 12.5 Å². The van der Waals surface area contributed by atoms with Crippen molar-refractivity contribution in [2.24, 2.45) is 5.73 Å². The van der Waals surface area contributed by atoms with Crippen LogP contribution in [0, 0.1) is 11.3 Å². The second-order valence-electron chi connectivity index (χ2n) is 5.80. The van der Waals surface area contributed by atoms with Crippen LogP contribution >= 0.6 is 11.8 Å².